The number of carbonyl (C=O) groups excluding carboxylic acids is 1. The summed E-state index contributed by atoms with van der Waals surface area (Å²) >= 11 is 6.18. The van der Waals surface area contributed by atoms with Crippen LogP contribution in [0.5, 0.6) is 5.75 Å². The predicted octanol–water partition coefficient (Wildman–Crippen LogP) is 3.34. The molecular formula is C21H23ClN2O2. The van der Waals surface area contributed by atoms with Gasteiger partial charge in [-0.1, -0.05) is 23.7 Å². The summed E-state index contributed by atoms with van der Waals surface area (Å²) in [7, 11) is 3.83. The number of carbonyl (C=O) groups is 1. The second kappa shape index (κ2) is 6.60. The molecule has 0 radical (unpaired) electrons. The Morgan fingerprint density at radius 1 is 1.27 bits per heavy atom. The van der Waals surface area contributed by atoms with Gasteiger partial charge in [0.25, 0.3) is 5.91 Å². The molecule has 0 spiro atoms. The fourth-order valence-electron chi connectivity index (χ4n) is 4.63. The van der Waals surface area contributed by atoms with Gasteiger partial charge in [-0.05, 0) is 66.8 Å². The van der Waals surface area contributed by atoms with Crippen molar-refractivity contribution in [1.29, 1.82) is 0 Å². The van der Waals surface area contributed by atoms with Crippen LogP contribution in [0, 0.1) is 0 Å². The molecule has 2 aromatic carbocycles. The molecule has 0 bridgehead atoms. The Morgan fingerprint density at radius 3 is 2.85 bits per heavy atom. The van der Waals surface area contributed by atoms with Crippen molar-refractivity contribution >= 4 is 17.5 Å². The van der Waals surface area contributed by atoms with E-state index in [1.165, 1.54) is 11.1 Å². The molecule has 0 aromatic heterocycles. The van der Waals surface area contributed by atoms with Crippen molar-refractivity contribution in [3.63, 3.8) is 0 Å². The minimum absolute atomic E-state index is 0.0403. The molecule has 2 aromatic rings. The van der Waals surface area contributed by atoms with Crippen LogP contribution in [0.1, 0.15) is 45.0 Å². The van der Waals surface area contributed by atoms with Crippen molar-refractivity contribution in [2.75, 3.05) is 20.6 Å². The molecule has 2 N–H and O–H groups in total. The van der Waals surface area contributed by atoms with Crippen molar-refractivity contribution < 1.29 is 9.90 Å². The highest BCUT2D eigenvalue weighted by atomic mass is 35.5. The van der Waals surface area contributed by atoms with Crippen LogP contribution in [-0.2, 0) is 12.8 Å². The van der Waals surface area contributed by atoms with Gasteiger partial charge in [-0.15, -0.1) is 0 Å². The second-order valence-electron chi connectivity index (χ2n) is 7.27. The van der Waals surface area contributed by atoms with E-state index in [-0.39, 0.29) is 17.6 Å². The molecule has 1 heterocycles. The molecule has 1 amide bonds. The topological polar surface area (TPSA) is 52.6 Å². The molecule has 26 heavy (non-hydrogen) atoms. The van der Waals surface area contributed by atoms with Crippen molar-refractivity contribution in [1.82, 2.24) is 10.2 Å². The number of nitrogens with one attached hydrogen (secondary N) is 1. The van der Waals surface area contributed by atoms with Crippen LogP contribution in [-0.4, -0.2) is 42.6 Å². The fourth-order valence-corrected chi connectivity index (χ4v) is 4.81. The van der Waals surface area contributed by atoms with E-state index in [9.17, 15) is 9.90 Å². The number of halogens is 1. The molecule has 5 heteroatoms. The fraction of sp³-hybridized carbons (Fsp3) is 0.381. The second-order valence-corrected chi connectivity index (χ2v) is 7.68. The average molecular weight is 371 g/mol. The maximum atomic E-state index is 12.3. The van der Waals surface area contributed by atoms with E-state index in [4.69, 9.17) is 11.6 Å². The summed E-state index contributed by atoms with van der Waals surface area (Å²) in [5.74, 6) is 0.221. The number of nitrogens with zero attached hydrogens (tertiary/aromatic N) is 1. The van der Waals surface area contributed by atoms with Gasteiger partial charge in [-0.3, -0.25) is 4.79 Å². The minimum atomic E-state index is -0.0403. The van der Waals surface area contributed by atoms with Crippen LogP contribution >= 0.6 is 11.6 Å². The number of fused-ring (bicyclic) bond motifs is 5. The quantitative estimate of drug-likeness (QED) is 0.809. The van der Waals surface area contributed by atoms with Crippen molar-refractivity contribution in [3.05, 3.63) is 63.2 Å². The van der Waals surface area contributed by atoms with E-state index < -0.39 is 0 Å². The maximum Gasteiger partial charge on any atom is 0.251 e. The first-order valence-corrected chi connectivity index (χ1v) is 9.44. The van der Waals surface area contributed by atoms with E-state index in [0.717, 1.165) is 42.5 Å². The van der Waals surface area contributed by atoms with Gasteiger partial charge in [0.2, 0.25) is 0 Å². The van der Waals surface area contributed by atoms with Crippen LogP contribution in [0.15, 0.2) is 30.3 Å². The summed E-state index contributed by atoms with van der Waals surface area (Å²) in [4.78, 5) is 14.8. The summed E-state index contributed by atoms with van der Waals surface area (Å²) in [6.45, 7) is 0.958. The van der Waals surface area contributed by atoms with Gasteiger partial charge in [-0.25, -0.2) is 0 Å². The maximum absolute atomic E-state index is 12.3. The van der Waals surface area contributed by atoms with Crippen molar-refractivity contribution in [2.45, 2.75) is 31.2 Å². The van der Waals surface area contributed by atoms with E-state index in [2.05, 4.69) is 23.3 Å². The number of phenols is 1. The molecule has 1 aliphatic heterocycles. The van der Waals surface area contributed by atoms with Crippen LogP contribution < -0.4 is 5.32 Å². The normalized spacial score (nSPS) is 22.0. The van der Waals surface area contributed by atoms with E-state index in [1.807, 2.05) is 24.3 Å². The van der Waals surface area contributed by atoms with Gasteiger partial charge in [0.05, 0.1) is 5.02 Å². The Balaban J connectivity index is 1.94. The zero-order chi connectivity index (χ0) is 18.4. The Kier molecular flexibility index (Phi) is 4.41. The highest BCUT2D eigenvalue weighted by Gasteiger charge is 2.38. The third-order valence-corrected chi connectivity index (χ3v) is 6.24. The summed E-state index contributed by atoms with van der Waals surface area (Å²) in [5.41, 5.74) is 5.40. The molecule has 1 aliphatic carbocycles. The Labute approximate surface area is 158 Å². The van der Waals surface area contributed by atoms with Crippen LogP contribution in [0.3, 0.4) is 0 Å². The third kappa shape index (κ3) is 2.68. The van der Waals surface area contributed by atoms with Gasteiger partial charge in [0.1, 0.15) is 5.75 Å². The number of amides is 1. The first-order chi connectivity index (χ1) is 12.5. The van der Waals surface area contributed by atoms with Gasteiger partial charge < -0.3 is 15.3 Å². The first-order valence-electron chi connectivity index (χ1n) is 9.06. The SMILES string of the molecule is CNC(=O)c1cccc2c1CC[C@H]1[C@H]2c2cc(O)c(Cl)cc2CCN1C. The number of hydrogen-bond donors (Lipinski definition) is 2. The summed E-state index contributed by atoms with van der Waals surface area (Å²) in [6, 6.07) is 10.1. The molecule has 4 rings (SSSR count). The largest absolute Gasteiger partial charge is 0.506 e. The van der Waals surface area contributed by atoms with Crippen molar-refractivity contribution in [2.24, 2.45) is 0 Å². The van der Waals surface area contributed by atoms with Crippen molar-refractivity contribution in [3.8, 4) is 5.75 Å². The smallest absolute Gasteiger partial charge is 0.251 e. The molecule has 2 atom stereocenters. The molecule has 0 saturated carbocycles. The van der Waals surface area contributed by atoms with Crippen LogP contribution in [0.2, 0.25) is 5.02 Å². The minimum Gasteiger partial charge on any atom is -0.506 e. The van der Waals surface area contributed by atoms with Gasteiger partial charge >= 0.3 is 0 Å². The number of rotatable bonds is 1. The van der Waals surface area contributed by atoms with E-state index >= 15 is 0 Å². The van der Waals surface area contributed by atoms with Gasteiger partial charge in [0, 0.05) is 31.1 Å². The van der Waals surface area contributed by atoms with E-state index in [0.29, 0.717) is 11.1 Å². The zero-order valence-electron chi connectivity index (χ0n) is 15.1. The highest BCUT2D eigenvalue weighted by molar-refractivity contribution is 6.32. The van der Waals surface area contributed by atoms with Gasteiger partial charge in [-0.2, -0.15) is 0 Å². The monoisotopic (exact) mass is 370 g/mol. The first kappa shape index (κ1) is 17.4. The van der Waals surface area contributed by atoms with E-state index in [1.54, 1.807) is 7.05 Å². The highest BCUT2D eigenvalue weighted by Crippen LogP contribution is 2.45. The lowest BCUT2D eigenvalue weighted by atomic mass is 9.73. The summed E-state index contributed by atoms with van der Waals surface area (Å²) in [5, 5.41) is 13.4. The number of phenolic OH excluding ortho intramolecular Hbond substituents is 1. The molecule has 2 aliphatic rings. The van der Waals surface area contributed by atoms with Crippen LogP contribution in [0.4, 0.5) is 0 Å². The lowest BCUT2D eigenvalue weighted by Gasteiger charge is -2.38. The van der Waals surface area contributed by atoms with Crippen LogP contribution in [0.25, 0.3) is 0 Å². The van der Waals surface area contributed by atoms with Gasteiger partial charge in [0.15, 0.2) is 0 Å². The standard InChI is InChI=1S/C21H23ClN2O2/c1-23-21(26)15-5-3-4-14-13(15)6-7-18-20(14)16-11-19(25)17(22)10-12(16)8-9-24(18)2/h3-5,10-11,18,20,25H,6-9H2,1-2H3,(H,23,26)/t18-,20+/m0/s1. The Hall–Kier alpha value is -2.04. The Bertz CT molecular complexity index is 881. The Morgan fingerprint density at radius 2 is 2.08 bits per heavy atom. The average Bonchev–Trinajstić information content (AvgIpc) is 2.78. The number of aromatic hydroxyl groups is 1. The molecule has 4 nitrogen and oxygen atoms in total. The summed E-state index contributed by atoms with van der Waals surface area (Å²) in [6.07, 6.45) is 2.79. The number of hydrogen-bond acceptors (Lipinski definition) is 3. The lowest BCUT2D eigenvalue weighted by Crippen LogP contribution is -2.40. The molecule has 0 saturated heterocycles. The molecular weight excluding hydrogens is 348 g/mol. The molecule has 0 unspecified atom stereocenters. The predicted molar refractivity (Wildman–Crippen MR) is 103 cm³/mol. The molecule has 0 fully saturated rings. The molecule has 136 valence electrons. The lowest BCUT2D eigenvalue weighted by molar-refractivity contribution is 0.0961. The summed E-state index contributed by atoms with van der Waals surface area (Å²) < 4.78 is 0. The third-order valence-electron chi connectivity index (χ3n) is 5.94. The zero-order valence-corrected chi connectivity index (χ0v) is 15.8. The number of benzene rings is 2. The number of likely N-dealkylation sites (N-methyl/N-ethyl adjacent to an activating group) is 1.